The predicted octanol–water partition coefficient (Wildman–Crippen LogP) is 2.90. The summed E-state index contributed by atoms with van der Waals surface area (Å²) in [6.45, 7) is 4.69. The van der Waals surface area contributed by atoms with Crippen molar-refractivity contribution in [1.29, 1.82) is 0 Å². The van der Waals surface area contributed by atoms with Crippen LogP contribution in [-0.4, -0.2) is 72.2 Å². The molecule has 11 heteroatoms. The van der Waals surface area contributed by atoms with Crippen LogP contribution in [0.5, 0.6) is 0 Å². The van der Waals surface area contributed by atoms with Gasteiger partial charge in [-0.3, -0.25) is 4.79 Å². The average Bonchev–Trinajstić information content (AvgIpc) is 3.24. The molecule has 1 aromatic heterocycles. The van der Waals surface area contributed by atoms with Crippen molar-refractivity contribution in [3.05, 3.63) is 71.9 Å². The Labute approximate surface area is 204 Å². The molecule has 0 bridgehead atoms. The van der Waals surface area contributed by atoms with Gasteiger partial charge < -0.3 is 15.0 Å². The zero-order valence-corrected chi connectivity index (χ0v) is 20.4. The highest BCUT2D eigenvalue weighted by Crippen LogP contribution is 2.21. The van der Waals surface area contributed by atoms with Crippen molar-refractivity contribution >= 4 is 27.8 Å². The molecule has 35 heavy (non-hydrogen) atoms. The van der Waals surface area contributed by atoms with Crippen LogP contribution in [0.3, 0.4) is 0 Å². The highest BCUT2D eigenvalue weighted by Gasteiger charge is 2.30. The molecule has 2 amide bonds. The molecule has 4 rings (SSSR count). The zero-order valence-electron chi connectivity index (χ0n) is 19.5. The van der Waals surface area contributed by atoms with Crippen LogP contribution < -0.4 is 5.32 Å². The second kappa shape index (κ2) is 10.3. The minimum Gasteiger partial charge on any atom is -0.450 e. The first kappa shape index (κ1) is 24.4. The number of sulfonamides is 1. The lowest BCUT2D eigenvalue weighted by Gasteiger charge is -2.33. The van der Waals surface area contributed by atoms with Gasteiger partial charge in [-0.15, -0.1) is 0 Å². The first-order valence-electron chi connectivity index (χ1n) is 11.2. The molecule has 3 aromatic rings. The summed E-state index contributed by atoms with van der Waals surface area (Å²) in [6, 6.07) is 17.0. The maximum absolute atomic E-state index is 13.0. The van der Waals surface area contributed by atoms with Gasteiger partial charge in [0.15, 0.2) is 0 Å². The van der Waals surface area contributed by atoms with Crippen molar-refractivity contribution in [2.45, 2.75) is 18.7 Å². The number of para-hydroxylation sites is 1. The molecular formula is C24H27N5O5S. The predicted molar refractivity (Wildman–Crippen MR) is 130 cm³/mol. The van der Waals surface area contributed by atoms with Crippen molar-refractivity contribution in [3.63, 3.8) is 0 Å². The number of carbonyl (C=O) groups excluding carboxylic acids is 2. The largest absolute Gasteiger partial charge is 0.450 e. The summed E-state index contributed by atoms with van der Waals surface area (Å²) in [6.07, 6.45) is -0.441. The minimum absolute atomic E-state index is 0.0869. The van der Waals surface area contributed by atoms with Crippen LogP contribution in [0.25, 0.3) is 5.69 Å². The number of amides is 2. The number of benzene rings is 2. The minimum atomic E-state index is -3.76. The van der Waals surface area contributed by atoms with Gasteiger partial charge in [0.1, 0.15) is 5.82 Å². The zero-order chi connectivity index (χ0) is 25.0. The Bertz CT molecular complexity index is 1300. The van der Waals surface area contributed by atoms with E-state index in [9.17, 15) is 18.0 Å². The number of nitrogens with one attached hydrogen (secondary N) is 1. The fraction of sp³-hybridized carbons (Fsp3) is 0.292. The highest BCUT2D eigenvalue weighted by molar-refractivity contribution is 7.89. The van der Waals surface area contributed by atoms with Gasteiger partial charge in [0.05, 0.1) is 22.9 Å². The van der Waals surface area contributed by atoms with Gasteiger partial charge in [-0.2, -0.15) is 9.40 Å². The molecule has 10 nitrogen and oxygen atoms in total. The molecule has 1 fully saturated rings. The second-order valence-corrected chi connectivity index (χ2v) is 9.92. The molecule has 1 aliphatic heterocycles. The van der Waals surface area contributed by atoms with Gasteiger partial charge in [-0.05, 0) is 50.2 Å². The van der Waals surface area contributed by atoms with Crippen LogP contribution in [-0.2, 0) is 14.8 Å². The molecule has 2 aromatic carbocycles. The van der Waals surface area contributed by atoms with E-state index in [1.165, 1.54) is 33.5 Å². The Kier molecular flexibility index (Phi) is 7.17. The Morgan fingerprint density at radius 3 is 2.29 bits per heavy atom. The number of rotatable bonds is 6. The summed E-state index contributed by atoms with van der Waals surface area (Å²) in [4.78, 5) is 26.3. The van der Waals surface area contributed by atoms with E-state index in [0.29, 0.717) is 11.4 Å². The number of piperazine rings is 1. The average molecular weight is 498 g/mol. The number of nitrogens with zero attached hydrogens (tertiary/aromatic N) is 4. The molecule has 0 unspecified atom stereocenters. The lowest BCUT2D eigenvalue weighted by molar-refractivity contribution is 0.0933. The number of hydrogen-bond donors (Lipinski definition) is 1. The summed E-state index contributed by atoms with van der Waals surface area (Å²) >= 11 is 0. The number of carbonyl (C=O) groups is 2. The van der Waals surface area contributed by atoms with E-state index in [0.717, 1.165) is 11.4 Å². The molecule has 0 atom stereocenters. The molecule has 0 aliphatic carbocycles. The van der Waals surface area contributed by atoms with Crippen LogP contribution >= 0.6 is 0 Å². The number of aromatic nitrogens is 2. The van der Waals surface area contributed by atoms with Crippen LogP contribution in [0.15, 0.2) is 65.6 Å². The molecular weight excluding hydrogens is 470 g/mol. The topological polar surface area (TPSA) is 114 Å². The van der Waals surface area contributed by atoms with Crippen LogP contribution in [0.4, 0.5) is 10.6 Å². The van der Waals surface area contributed by atoms with Gasteiger partial charge in [-0.1, -0.05) is 18.2 Å². The Hall–Kier alpha value is -3.70. The van der Waals surface area contributed by atoms with E-state index in [-0.39, 0.29) is 43.6 Å². The van der Waals surface area contributed by atoms with E-state index in [4.69, 9.17) is 4.74 Å². The number of hydrogen-bond acceptors (Lipinski definition) is 6. The fourth-order valence-corrected chi connectivity index (χ4v) is 5.22. The standard InChI is InChI=1S/C24H27N5O5S/c1-3-34-24(31)27-13-15-28(16-14-27)35(32,33)21-11-9-19(10-12-21)23(30)25-22-17-18(2)26-29(22)20-7-5-4-6-8-20/h4-12,17H,3,13-16H2,1-2H3,(H,25,30). The maximum Gasteiger partial charge on any atom is 0.409 e. The number of ether oxygens (including phenoxy) is 1. The molecule has 0 radical (unpaired) electrons. The van der Waals surface area contributed by atoms with Crippen molar-refractivity contribution in [3.8, 4) is 5.69 Å². The van der Waals surface area contributed by atoms with Gasteiger partial charge in [-0.25, -0.2) is 17.9 Å². The third-order valence-corrected chi connectivity index (χ3v) is 7.51. The quantitative estimate of drug-likeness (QED) is 0.560. The Morgan fingerprint density at radius 2 is 1.66 bits per heavy atom. The first-order chi connectivity index (χ1) is 16.8. The third kappa shape index (κ3) is 5.36. The van der Waals surface area contributed by atoms with E-state index >= 15 is 0 Å². The molecule has 1 aliphatic rings. The van der Waals surface area contributed by atoms with Gasteiger partial charge in [0, 0.05) is 37.8 Å². The third-order valence-electron chi connectivity index (χ3n) is 5.59. The van der Waals surface area contributed by atoms with Crippen molar-refractivity contribution in [2.24, 2.45) is 0 Å². The van der Waals surface area contributed by atoms with E-state index < -0.39 is 16.1 Å². The van der Waals surface area contributed by atoms with E-state index in [2.05, 4.69) is 10.4 Å². The van der Waals surface area contributed by atoms with Gasteiger partial charge >= 0.3 is 6.09 Å². The molecule has 184 valence electrons. The lowest BCUT2D eigenvalue weighted by atomic mass is 10.2. The maximum atomic E-state index is 13.0. The smallest absolute Gasteiger partial charge is 0.409 e. The van der Waals surface area contributed by atoms with Crippen LogP contribution in [0.2, 0.25) is 0 Å². The lowest BCUT2D eigenvalue weighted by Crippen LogP contribution is -2.50. The molecule has 0 saturated carbocycles. The number of aryl methyl sites for hydroxylation is 1. The Morgan fingerprint density at radius 1 is 1.00 bits per heavy atom. The summed E-state index contributed by atoms with van der Waals surface area (Å²) in [5.41, 5.74) is 1.86. The Balaban J connectivity index is 1.44. The van der Waals surface area contributed by atoms with E-state index in [1.54, 1.807) is 17.7 Å². The molecule has 1 saturated heterocycles. The number of anilines is 1. The SMILES string of the molecule is CCOC(=O)N1CCN(S(=O)(=O)c2ccc(C(=O)Nc3cc(C)nn3-c3ccccc3)cc2)CC1. The van der Waals surface area contributed by atoms with Gasteiger partial charge in [0.25, 0.3) is 5.91 Å². The summed E-state index contributed by atoms with van der Waals surface area (Å²) in [5, 5.41) is 7.28. The highest BCUT2D eigenvalue weighted by atomic mass is 32.2. The molecule has 2 heterocycles. The van der Waals surface area contributed by atoms with Gasteiger partial charge in [0.2, 0.25) is 10.0 Å². The summed E-state index contributed by atoms with van der Waals surface area (Å²) in [5.74, 6) is 0.129. The molecule has 0 spiro atoms. The summed E-state index contributed by atoms with van der Waals surface area (Å²) in [7, 11) is -3.76. The summed E-state index contributed by atoms with van der Waals surface area (Å²) < 4.78 is 34.0. The fourth-order valence-electron chi connectivity index (χ4n) is 3.80. The second-order valence-electron chi connectivity index (χ2n) is 7.99. The van der Waals surface area contributed by atoms with Crippen molar-refractivity contribution < 1.29 is 22.7 Å². The molecule has 1 N–H and O–H groups in total. The van der Waals surface area contributed by atoms with Crippen LogP contribution in [0.1, 0.15) is 23.0 Å². The van der Waals surface area contributed by atoms with Crippen LogP contribution in [0, 0.1) is 6.92 Å². The first-order valence-corrected chi connectivity index (χ1v) is 12.7. The monoisotopic (exact) mass is 497 g/mol. The van der Waals surface area contributed by atoms with E-state index in [1.807, 2.05) is 37.3 Å². The van der Waals surface area contributed by atoms with Crippen molar-refractivity contribution in [1.82, 2.24) is 19.0 Å². The normalized spacial score (nSPS) is 14.5. The van der Waals surface area contributed by atoms with Crippen molar-refractivity contribution in [2.75, 3.05) is 38.1 Å².